The fourth-order valence-corrected chi connectivity index (χ4v) is 3.28. The molecule has 6 heteroatoms. The van der Waals surface area contributed by atoms with Crippen LogP contribution in [-0.2, 0) is 32.7 Å². The van der Waals surface area contributed by atoms with E-state index in [1.807, 2.05) is 18.2 Å². The Morgan fingerprint density at radius 3 is 2.78 bits per heavy atom. The molecule has 3 rings (SSSR count). The first-order chi connectivity index (χ1) is 11.0. The van der Waals surface area contributed by atoms with E-state index in [0.29, 0.717) is 0 Å². The largest absolute Gasteiger partial charge is 0.469 e. The summed E-state index contributed by atoms with van der Waals surface area (Å²) in [6, 6.07) is 5.50. The van der Waals surface area contributed by atoms with Crippen LogP contribution in [0.15, 0.2) is 18.2 Å². The van der Waals surface area contributed by atoms with Crippen molar-refractivity contribution >= 4 is 17.9 Å². The van der Waals surface area contributed by atoms with Gasteiger partial charge in [0, 0.05) is 6.54 Å². The average Bonchev–Trinajstić information content (AvgIpc) is 3.09. The summed E-state index contributed by atoms with van der Waals surface area (Å²) in [4.78, 5) is 37.2. The normalized spacial score (nSPS) is 23.0. The molecule has 0 unspecified atom stereocenters. The van der Waals surface area contributed by atoms with Gasteiger partial charge in [-0.05, 0) is 42.9 Å². The lowest BCUT2D eigenvalue weighted by molar-refractivity contribution is -0.141. The Labute approximate surface area is 134 Å². The van der Waals surface area contributed by atoms with Crippen LogP contribution in [0.1, 0.15) is 36.5 Å². The van der Waals surface area contributed by atoms with E-state index in [0.717, 1.165) is 29.7 Å². The van der Waals surface area contributed by atoms with Crippen LogP contribution >= 0.6 is 0 Å². The van der Waals surface area contributed by atoms with E-state index in [1.165, 1.54) is 18.2 Å². The van der Waals surface area contributed by atoms with Crippen molar-refractivity contribution in [2.45, 2.75) is 38.1 Å². The minimum Gasteiger partial charge on any atom is -0.469 e. The van der Waals surface area contributed by atoms with Crippen molar-refractivity contribution in [1.29, 1.82) is 0 Å². The molecular formula is C17H20N2O4. The minimum absolute atomic E-state index is 0.00404. The predicted molar refractivity (Wildman–Crippen MR) is 82.7 cm³/mol. The van der Waals surface area contributed by atoms with Gasteiger partial charge in [-0.2, -0.15) is 0 Å². The molecule has 1 aliphatic heterocycles. The van der Waals surface area contributed by atoms with Crippen molar-refractivity contribution in [1.82, 2.24) is 10.2 Å². The molecule has 0 spiro atoms. The minimum atomic E-state index is -1.08. The Bertz CT molecular complexity index is 685. The van der Waals surface area contributed by atoms with Gasteiger partial charge in [0.15, 0.2) is 0 Å². The lowest BCUT2D eigenvalue weighted by Gasteiger charge is -2.23. The molecule has 0 aromatic heterocycles. The summed E-state index contributed by atoms with van der Waals surface area (Å²) < 4.78 is 4.56. The number of hydrogen-bond acceptors (Lipinski definition) is 4. The lowest BCUT2D eigenvalue weighted by Crippen LogP contribution is -2.41. The Balaban J connectivity index is 1.83. The maximum atomic E-state index is 12.7. The number of benzene rings is 1. The van der Waals surface area contributed by atoms with Gasteiger partial charge in [0.25, 0.3) is 5.91 Å². The molecule has 122 valence electrons. The van der Waals surface area contributed by atoms with E-state index in [1.54, 1.807) is 6.92 Å². The highest BCUT2D eigenvalue weighted by atomic mass is 16.5. The third-order valence-electron chi connectivity index (χ3n) is 4.72. The zero-order chi connectivity index (χ0) is 16.6. The smallest absolute Gasteiger partial charge is 0.325 e. The van der Waals surface area contributed by atoms with Crippen LogP contribution in [0.4, 0.5) is 4.79 Å². The molecule has 2 aliphatic rings. The quantitative estimate of drug-likeness (QED) is 0.675. The number of methoxy groups -OCH3 is 1. The van der Waals surface area contributed by atoms with Crippen LogP contribution in [-0.4, -0.2) is 36.5 Å². The number of fused-ring (bicyclic) bond motifs is 1. The highest BCUT2D eigenvalue weighted by molar-refractivity contribution is 6.07. The van der Waals surface area contributed by atoms with Gasteiger partial charge in [-0.15, -0.1) is 0 Å². The number of carbonyl (C=O) groups excluding carboxylic acids is 3. The first-order valence-corrected chi connectivity index (χ1v) is 7.79. The van der Waals surface area contributed by atoms with Crippen molar-refractivity contribution in [3.8, 4) is 0 Å². The van der Waals surface area contributed by atoms with Crippen LogP contribution < -0.4 is 5.32 Å². The van der Waals surface area contributed by atoms with Gasteiger partial charge in [-0.3, -0.25) is 14.5 Å². The van der Waals surface area contributed by atoms with E-state index < -0.39 is 17.5 Å². The number of rotatable bonds is 4. The topological polar surface area (TPSA) is 75.7 Å². The monoisotopic (exact) mass is 316 g/mol. The highest BCUT2D eigenvalue weighted by Gasteiger charge is 2.49. The van der Waals surface area contributed by atoms with Gasteiger partial charge in [0.05, 0.1) is 13.5 Å². The van der Waals surface area contributed by atoms with Crippen LogP contribution in [0.5, 0.6) is 0 Å². The molecule has 1 aliphatic carbocycles. The molecule has 1 N–H and O–H groups in total. The van der Waals surface area contributed by atoms with Gasteiger partial charge in [0.2, 0.25) is 0 Å². The third kappa shape index (κ3) is 2.58. The molecule has 0 saturated carbocycles. The zero-order valence-electron chi connectivity index (χ0n) is 13.3. The molecule has 1 fully saturated rings. The maximum Gasteiger partial charge on any atom is 0.325 e. The van der Waals surface area contributed by atoms with Gasteiger partial charge in [-0.25, -0.2) is 4.79 Å². The van der Waals surface area contributed by atoms with Crippen molar-refractivity contribution in [2.75, 3.05) is 13.7 Å². The number of aryl methyl sites for hydroxylation is 2. The Morgan fingerprint density at radius 1 is 1.30 bits per heavy atom. The summed E-state index contributed by atoms with van der Waals surface area (Å²) in [5, 5.41) is 2.76. The predicted octanol–water partition coefficient (Wildman–Crippen LogP) is 1.51. The molecule has 1 heterocycles. The lowest BCUT2D eigenvalue weighted by atomic mass is 9.89. The summed E-state index contributed by atoms with van der Waals surface area (Å²) in [7, 11) is 1.28. The summed E-state index contributed by atoms with van der Waals surface area (Å²) in [5.74, 6) is -0.777. The second-order valence-electron chi connectivity index (χ2n) is 6.18. The van der Waals surface area contributed by atoms with Crippen LogP contribution in [0.25, 0.3) is 0 Å². The number of urea groups is 1. The molecule has 1 saturated heterocycles. The number of nitrogens with one attached hydrogen (secondary N) is 1. The molecule has 1 aromatic rings. The Morgan fingerprint density at radius 2 is 2.04 bits per heavy atom. The molecule has 3 amide bonds. The van der Waals surface area contributed by atoms with Gasteiger partial charge in [0.1, 0.15) is 5.54 Å². The fourth-order valence-electron chi connectivity index (χ4n) is 3.28. The summed E-state index contributed by atoms with van der Waals surface area (Å²) in [5.41, 5.74) is 2.28. The van der Waals surface area contributed by atoms with Gasteiger partial charge >= 0.3 is 12.0 Å². The van der Waals surface area contributed by atoms with Crippen molar-refractivity contribution in [2.24, 2.45) is 0 Å². The van der Waals surface area contributed by atoms with E-state index in [-0.39, 0.29) is 18.9 Å². The SMILES string of the molecule is COC(=O)CCN1C(=O)N[C@](C)(c2ccc3c(c2)CCC3)C1=O. The molecular weight excluding hydrogens is 296 g/mol. The molecule has 6 nitrogen and oxygen atoms in total. The zero-order valence-corrected chi connectivity index (χ0v) is 13.3. The van der Waals surface area contributed by atoms with Crippen molar-refractivity contribution in [3.05, 3.63) is 34.9 Å². The second-order valence-corrected chi connectivity index (χ2v) is 6.18. The number of hydrogen-bond donors (Lipinski definition) is 1. The van der Waals surface area contributed by atoms with E-state index in [2.05, 4.69) is 10.1 Å². The van der Waals surface area contributed by atoms with E-state index in [4.69, 9.17) is 0 Å². The summed E-state index contributed by atoms with van der Waals surface area (Å²) >= 11 is 0. The standard InChI is InChI=1S/C17H20N2O4/c1-17(13-7-6-11-4-3-5-12(11)10-13)15(21)19(16(22)18-17)9-8-14(20)23-2/h6-7,10H,3-5,8-9H2,1-2H3,(H,18,22)/t17-/m1/s1. The molecule has 1 aromatic carbocycles. The summed E-state index contributed by atoms with van der Waals surface area (Å²) in [6.07, 6.45) is 3.20. The Kier molecular flexibility index (Phi) is 3.83. The number of ether oxygens (including phenoxy) is 1. The molecule has 23 heavy (non-hydrogen) atoms. The molecule has 0 bridgehead atoms. The van der Waals surface area contributed by atoms with Crippen molar-refractivity contribution in [3.63, 3.8) is 0 Å². The van der Waals surface area contributed by atoms with Gasteiger partial charge in [-0.1, -0.05) is 18.2 Å². The maximum absolute atomic E-state index is 12.7. The number of imide groups is 1. The molecule has 1 atom stereocenters. The second kappa shape index (κ2) is 5.68. The number of amides is 3. The average molecular weight is 316 g/mol. The highest BCUT2D eigenvalue weighted by Crippen LogP contribution is 2.32. The van der Waals surface area contributed by atoms with Crippen LogP contribution in [0, 0.1) is 0 Å². The third-order valence-corrected chi connectivity index (χ3v) is 4.72. The van der Waals surface area contributed by atoms with E-state index >= 15 is 0 Å². The van der Waals surface area contributed by atoms with Crippen LogP contribution in [0.3, 0.4) is 0 Å². The van der Waals surface area contributed by atoms with E-state index in [9.17, 15) is 14.4 Å². The first kappa shape index (κ1) is 15.5. The number of esters is 1. The van der Waals surface area contributed by atoms with Gasteiger partial charge < -0.3 is 10.1 Å². The Hall–Kier alpha value is -2.37. The fraction of sp³-hybridized carbons (Fsp3) is 0.471. The first-order valence-electron chi connectivity index (χ1n) is 7.79. The molecule has 0 radical (unpaired) electrons. The number of nitrogens with zero attached hydrogens (tertiary/aromatic N) is 1. The van der Waals surface area contributed by atoms with Crippen LogP contribution in [0.2, 0.25) is 0 Å². The van der Waals surface area contributed by atoms with Crippen molar-refractivity contribution < 1.29 is 19.1 Å². The number of carbonyl (C=O) groups is 3. The summed E-state index contributed by atoms with van der Waals surface area (Å²) in [6.45, 7) is 1.74.